The van der Waals surface area contributed by atoms with Gasteiger partial charge in [-0.15, -0.1) is 0 Å². The molecule has 0 saturated carbocycles. The zero-order valence-electron chi connectivity index (χ0n) is 10.2. The molecular weight excluding hydrogens is 248 g/mol. The van der Waals surface area contributed by atoms with E-state index in [1.807, 2.05) is 26.0 Å². The maximum absolute atomic E-state index is 11.9. The minimum atomic E-state index is -0.357. The van der Waals surface area contributed by atoms with Gasteiger partial charge >= 0.3 is 5.97 Å². The predicted octanol–water partition coefficient (Wildman–Crippen LogP) is 4.18. The summed E-state index contributed by atoms with van der Waals surface area (Å²) in [5.41, 5.74) is 2.41. The van der Waals surface area contributed by atoms with Crippen LogP contribution in [-0.4, -0.2) is 5.97 Å². The summed E-state index contributed by atoms with van der Waals surface area (Å²) < 4.78 is 5.34. The van der Waals surface area contributed by atoms with Gasteiger partial charge in [-0.3, -0.25) is 0 Å². The van der Waals surface area contributed by atoms with E-state index >= 15 is 0 Å². The maximum atomic E-state index is 11.9. The van der Waals surface area contributed by atoms with Crippen LogP contribution in [0.3, 0.4) is 0 Å². The van der Waals surface area contributed by atoms with Crippen molar-refractivity contribution in [3.8, 4) is 5.75 Å². The fraction of sp³-hybridized carbons (Fsp3) is 0.133. The van der Waals surface area contributed by atoms with Gasteiger partial charge in [-0.2, -0.15) is 0 Å². The smallest absolute Gasteiger partial charge is 0.343 e. The van der Waals surface area contributed by atoms with Crippen LogP contribution in [0.25, 0.3) is 0 Å². The molecule has 3 heteroatoms. The van der Waals surface area contributed by atoms with E-state index in [9.17, 15) is 4.79 Å². The Kier molecular flexibility index (Phi) is 3.68. The van der Waals surface area contributed by atoms with Crippen LogP contribution in [0.2, 0.25) is 5.02 Å². The molecule has 0 aromatic heterocycles. The molecule has 0 saturated heterocycles. The van der Waals surface area contributed by atoms with Gasteiger partial charge in [0.1, 0.15) is 5.75 Å². The minimum Gasteiger partial charge on any atom is -0.423 e. The van der Waals surface area contributed by atoms with Crippen LogP contribution < -0.4 is 4.74 Å². The van der Waals surface area contributed by atoms with Crippen LogP contribution in [0.5, 0.6) is 5.75 Å². The topological polar surface area (TPSA) is 26.3 Å². The molecule has 92 valence electrons. The summed E-state index contributed by atoms with van der Waals surface area (Å²) in [6.45, 7) is 3.79. The Morgan fingerprint density at radius 2 is 1.89 bits per heavy atom. The summed E-state index contributed by atoms with van der Waals surface area (Å²) in [5.74, 6) is 0.176. The van der Waals surface area contributed by atoms with Gasteiger partial charge in [0, 0.05) is 5.02 Å². The first-order valence-electron chi connectivity index (χ1n) is 5.61. The van der Waals surface area contributed by atoms with Crippen molar-refractivity contribution in [3.63, 3.8) is 0 Å². The molecule has 0 aliphatic heterocycles. The van der Waals surface area contributed by atoms with Crippen LogP contribution in [-0.2, 0) is 0 Å². The van der Waals surface area contributed by atoms with E-state index in [-0.39, 0.29) is 5.97 Å². The number of aryl methyl sites for hydroxylation is 2. The molecule has 0 spiro atoms. The van der Waals surface area contributed by atoms with Crippen molar-refractivity contribution in [2.45, 2.75) is 13.8 Å². The molecule has 2 nitrogen and oxygen atoms in total. The lowest BCUT2D eigenvalue weighted by Crippen LogP contribution is -2.09. The lowest BCUT2D eigenvalue weighted by atomic mass is 10.1. The van der Waals surface area contributed by atoms with Crippen LogP contribution in [0.4, 0.5) is 0 Å². The zero-order valence-corrected chi connectivity index (χ0v) is 11.0. The van der Waals surface area contributed by atoms with Gasteiger partial charge in [0.2, 0.25) is 0 Å². The summed E-state index contributed by atoms with van der Waals surface area (Å²) >= 11 is 5.85. The van der Waals surface area contributed by atoms with Crippen molar-refractivity contribution < 1.29 is 9.53 Å². The highest BCUT2D eigenvalue weighted by Gasteiger charge is 2.10. The number of hydrogen-bond acceptors (Lipinski definition) is 2. The fourth-order valence-corrected chi connectivity index (χ4v) is 1.88. The monoisotopic (exact) mass is 260 g/mol. The van der Waals surface area contributed by atoms with Crippen LogP contribution >= 0.6 is 11.6 Å². The molecule has 18 heavy (non-hydrogen) atoms. The van der Waals surface area contributed by atoms with Crippen LogP contribution in [0.1, 0.15) is 21.5 Å². The Labute approximate surface area is 111 Å². The first kappa shape index (κ1) is 12.7. The molecular formula is C15H13ClO2. The second kappa shape index (κ2) is 5.23. The predicted molar refractivity (Wildman–Crippen MR) is 72.3 cm³/mol. The summed E-state index contributed by atoms with van der Waals surface area (Å²) in [4.78, 5) is 11.9. The second-order valence-electron chi connectivity index (χ2n) is 4.17. The molecule has 0 unspecified atom stereocenters. The Balaban J connectivity index is 2.21. The minimum absolute atomic E-state index is 0.357. The number of ether oxygens (including phenoxy) is 1. The number of hydrogen-bond donors (Lipinski definition) is 0. The third-order valence-corrected chi connectivity index (χ3v) is 2.83. The average Bonchev–Trinajstić information content (AvgIpc) is 2.32. The number of esters is 1. The first-order chi connectivity index (χ1) is 8.56. The molecule has 0 aliphatic carbocycles. The number of carbonyl (C=O) groups excluding carboxylic acids is 1. The number of halogens is 1. The largest absolute Gasteiger partial charge is 0.423 e. The third kappa shape index (κ3) is 2.90. The molecule has 0 amide bonds. The number of rotatable bonds is 2. The van der Waals surface area contributed by atoms with E-state index in [1.165, 1.54) is 0 Å². The highest BCUT2D eigenvalue weighted by molar-refractivity contribution is 6.30. The average molecular weight is 261 g/mol. The normalized spacial score (nSPS) is 10.2. The SMILES string of the molecule is Cc1cccc(C(=O)Oc2ccc(Cl)cc2C)c1. The zero-order chi connectivity index (χ0) is 13.1. The van der Waals surface area contributed by atoms with Gasteiger partial charge < -0.3 is 4.74 Å². The summed E-state index contributed by atoms with van der Waals surface area (Å²) in [5, 5.41) is 0.628. The molecule has 2 aromatic rings. The summed E-state index contributed by atoms with van der Waals surface area (Å²) in [7, 11) is 0. The van der Waals surface area contributed by atoms with E-state index in [4.69, 9.17) is 16.3 Å². The second-order valence-corrected chi connectivity index (χ2v) is 4.61. The lowest BCUT2D eigenvalue weighted by molar-refractivity contribution is 0.0733. The van der Waals surface area contributed by atoms with Crippen molar-refractivity contribution in [2.75, 3.05) is 0 Å². The molecule has 0 bridgehead atoms. The van der Waals surface area contributed by atoms with Crippen LogP contribution in [0, 0.1) is 13.8 Å². The molecule has 2 aromatic carbocycles. The Hall–Kier alpha value is -1.80. The number of carbonyl (C=O) groups is 1. The molecule has 0 atom stereocenters. The Bertz CT molecular complexity index is 591. The van der Waals surface area contributed by atoms with Crippen molar-refractivity contribution in [2.24, 2.45) is 0 Å². The molecule has 2 rings (SSSR count). The van der Waals surface area contributed by atoms with Crippen LogP contribution in [0.15, 0.2) is 42.5 Å². The highest BCUT2D eigenvalue weighted by Crippen LogP contribution is 2.22. The van der Waals surface area contributed by atoms with Gasteiger partial charge in [0.15, 0.2) is 0 Å². The van der Waals surface area contributed by atoms with Gasteiger partial charge in [-0.25, -0.2) is 4.79 Å². The van der Waals surface area contributed by atoms with E-state index in [1.54, 1.807) is 30.3 Å². The Morgan fingerprint density at radius 1 is 1.11 bits per heavy atom. The first-order valence-corrected chi connectivity index (χ1v) is 5.99. The molecule has 0 heterocycles. The van der Waals surface area contributed by atoms with Gasteiger partial charge in [-0.05, 0) is 49.7 Å². The van der Waals surface area contributed by atoms with Gasteiger partial charge in [0.25, 0.3) is 0 Å². The van der Waals surface area contributed by atoms with Gasteiger partial charge in [-0.1, -0.05) is 29.3 Å². The fourth-order valence-electron chi connectivity index (χ4n) is 1.66. The number of benzene rings is 2. The summed E-state index contributed by atoms with van der Waals surface area (Å²) in [6, 6.07) is 12.5. The van der Waals surface area contributed by atoms with Crippen molar-refractivity contribution in [1.82, 2.24) is 0 Å². The lowest BCUT2D eigenvalue weighted by Gasteiger charge is -2.07. The quantitative estimate of drug-likeness (QED) is 0.598. The van der Waals surface area contributed by atoms with E-state index in [0.717, 1.165) is 11.1 Å². The molecule has 0 N–H and O–H groups in total. The molecule has 0 radical (unpaired) electrons. The molecule has 0 aliphatic rings. The summed E-state index contributed by atoms with van der Waals surface area (Å²) in [6.07, 6.45) is 0. The van der Waals surface area contributed by atoms with E-state index in [2.05, 4.69) is 0 Å². The molecule has 0 fully saturated rings. The Morgan fingerprint density at radius 3 is 2.56 bits per heavy atom. The highest BCUT2D eigenvalue weighted by atomic mass is 35.5. The third-order valence-electron chi connectivity index (χ3n) is 2.59. The van der Waals surface area contributed by atoms with Crippen molar-refractivity contribution in [1.29, 1.82) is 0 Å². The van der Waals surface area contributed by atoms with E-state index < -0.39 is 0 Å². The maximum Gasteiger partial charge on any atom is 0.343 e. The van der Waals surface area contributed by atoms with Crippen molar-refractivity contribution >= 4 is 17.6 Å². The van der Waals surface area contributed by atoms with Crippen molar-refractivity contribution in [3.05, 3.63) is 64.2 Å². The van der Waals surface area contributed by atoms with Gasteiger partial charge in [0.05, 0.1) is 5.56 Å². The van der Waals surface area contributed by atoms with E-state index in [0.29, 0.717) is 16.3 Å². The standard InChI is InChI=1S/C15H13ClO2/c1-10-4-3-5-12(8-10)15(17)18-14-7-6-13(16)9-11(14)2/h3-9H,1-2H3.